The number of rotatable bonds is 9. The van der Waals surface area contributed by atoms with E-state index in [4.69, 9.17) is 20.6 Å². The molecule has 2 fully saturated rings. The van der Waals surface area contributed by atoms with E-state index in [2.05, 4.69) is 74.5 Å². The van der Waals surface area contributed by atoms with Gasteiger partial charge in [0.05, 0.1) is 18.6 Å². The van der Waals surface area contributed by atoms with Gasteiger partial charge >= 0.3 is 0 Å². The maximum Gasteiger partial charge on any atom is 0.224 e. The highest BCUT2D eigenvalue weighted by atomic mass is 16.5. The molecule has 3 N–H and O–H groups in total. The Kier molecular flexibility index (Phi) is 8.02. The Morgan fingerprint density at radius 2 is 1.72 bits per heavy atom. The van der Waals surface area contributed by atoms with Crippen molar-refractivity contribution in [3.8, 4) is 11.3 Å². The van der Waals surface area contributed by atoms with Crippen LogP contribution in [0.15, 0.2) is 60.8 Å². The largest absolute Gasteiger partial charge is 0.378 e. The summed E-state index contributed by atoms with van der Waals surface area (Å²) in [7, 11) is 0. The van der Waals surface area contributed by atoms with Crippen molar-refractivity contribution in [1.82, 2.24) is 19.7 Å². The molecule has 8 nitrogen and oxygen atoms in total. The number of nitrogens with zero attached hydrogens (tertiary/aromatic N) is 5. The van der Waals surface area contributed by atoms with Gasteiger partial charge in [0.25, 0.3) is 0 Å². The summed E-state index contributed by atoms with van der Waals surface area (Å²) < 4.78 is 7.62. The van der Waals surface area contributed by atoms with Gasteiger partial charge in [-0.05, 0) is 62.1 Å². The van der Waals surface area contributed by atoms with Crippen LogP contribution >= 0.6 is 0 Å². The van der Waals surface area contributed by atoms with Crippen LogP contribution in [0.3, 0.4) is 0 Å². The van der Waals surface area contributed by atoms with Crippen LogP contribution in [0.4, 0.5) is 11.6 Å². The number of benzene rings is 2. The first-order chi connectivity index (χ1) is 19.2. The van der Waals surface area contributed by atoms with Gasteiger partial charge in [-0.3, -0.25) is 0 Å². The quantitative estimate of drug-likeness (QED) is 0.301. The van der Waals surface area contributed by atoms with Crippen LogP contribution in [0.1, 0.15) is 37.7 Å². The Bertz CT molecular complexity index is 1340. The lowest BCUT2D eigenvalue weighted by atomic mass is 9.86. The molecule has 0 spiro atoms. The Labute approximate surface area is 230 Å². The van der Waals surface area contributed by atoms with Crippen molar-refractivity contribution < 1.29 is 4.74 Å². The lowest BCUT2D eigenvalue weighted by Gasteiger charge is -2.28. The number of anilines is 2. The van der Waals surface area contributed by atoms with Crippen LogP contribution < -0.4 is 16.0 Å². The first kappa shape index (κ1) is 25.8. The minimum Gasteiger partial charge on any atom is -0.378 e. The Hall–Kier alpha value is -3.49. The predicted octanol–water partition coefficient (Wildman–Crippen LogP) is 4.89. The average molecular weight is 526 g/mol. The van der Waals surface area contributed by atoms with Crippen molar-refractivity contribution in [3.05, 3.63) is 66.4 Å². The van der Waals surface area contributed by atoms with Gasteiger partial charge in [-0.1, -0.05) is 42.5 Å². The Balaban J connectivity index is 1.22. The molecule has 0 atom stereocenters. The van der Waals surface area contributed by atoms with Gasteiger partial charge in [0.2, 0.25) is 5.95 Å². The molecule has 1 aliphatic carbocycles. The summed E-state index contributed by atoms with van der Waals surface area (Å²) in [4.78, 5) is 12.0. The van der Waals surface area contributed by atoms with E-state index in [-0.39, 0.29) is 0 Å². The second kappa shape index (κ2) is 12.1. The van der Waals surface area contributed by atoms with Crippen molar-refractivity contribution in [2.75, 3.05) is 43.1 Å². The number of morpholine rings is 1. The van der Waals surface area contributed by atoms with E-state index < -0.39 is 0 Å². The summed E-state index contributed by atoms with van der Waals surface area (Å²) in [5.74, 6) is 1.23. The molecule has 2 aromatic heterocycles. The van der Waals surface area contributed by atoms with E-state index in [1.54, 1.807) is 0 Å². The van der Waals surface area contributed by atoms with Gasteiger partial charge in [0.15, 0.2) is 5.65 Å². The SMILES string of the molecule is NC1CCC(Cn2nc(-c3ccc(N4CCOCC4)cc3)c3cnc(NCCCc4ccccc4)nc32)CC1. The summed E-state index contributed by atoms with van der Waals surface area (Å²) in [6.07, 6.45) is 8.44. The fraction of sp³-hybridized carbons (Fsp3) is 0.452. The number of aromatic nitrogens is 4. The lowest BCUT2D eigenvalue weighted by Crippen LogP contribution is -2.36. The van der Waals surface area contributed by atoms with Gasteiger partial charge in [0.1, 0.15) is 5.69 Å². The first-order valence-corrected chi connectivity index (χ1v) is 14.4. The summed E-state index contributed by atoms with van der Waals surface area (Å²) in [5.41, 5.74) is 11.7. The zero-order chi connectivity index (χ0) is 26.4. The number of nitrogens with one attached hydrogen (secondary N) is 1. The van der Waals surface area contributed by atoms with Gasteiger partial charge in [0, 0.05) is 49.7 Å². The molecule has 0 unspecified atom stereocenters. The van der Waals surface area contributed by atoms with Crippen LogP contribution in [0.25, 0.3) is 22.3 Å². The third-order valence-corrected chi connectivity index (χ3v) is 8.10. The molecule has 0 bridgehead atoms. The van der Waals surface area contributed by atoms with Crippen LogP contribution in [0, 0.1) is 5.92 Å². The first-order valence-electron chi connectivity index (χ1n) is 14.4. The summed E-state index contributed by atoms with van der Waals surface area (Å²) in [5, 5.41) is 9.55. The van der Waals surface area contributed by atoms with E-state index in [0.717, 1.165) is 100 Å². The third-order valence-electron chi connectivity index (χ3n) is 8.10. The molecule has 3 heterocycles. The smallest absolute Gasteiger partial charge is 0.224 e. The highest BCUT2D eigenvalue weighted by Gasteiger charge is 2.22. The maximum atomic E-state index is 6.18. The lowest BCUT2D eigenvalue weighted by molar-refractivity contribution is 0.122. The monoisotopic (exact) mass is 525 g/mol. The molecule has 8 heteroatoms. The highest BCUT2D eigenvalue weighted by Crippen LogP contribution is 2.31. The summed E-state index contributed by atoms with van der Waals surface area (Å²) in [6, 6.07) is 19.7. The Morgan fingerprint density at radius 1 is 0.949 bits per heavy atom. The van der Waals surface area contributed by atoms with Crippen molar-refractivity contribution in [3.63, 3.8) is 0 Å². The third kappa shape index (κ3) is 6.23. The number of hydrogen-bond donors (Lipinski definition) is 2. The molecule has 1 saturated carbocycles. The minimum absolute atomic E-state index is 0.338. The van der Waals surface area contributed by atoms with Crippen molar-refractivity contribution in [2.24, 2.45) is 11.7 Å². The highest BCUT2D eigenvalue weighted by molar-refractivity contribution is 5.91. The number of fused-ring (bicyclic) bond motifs is 1. The molecule has 2 aromatic carbocycles. The van der Waals surface area contributed by atoms with Gasteiger partial charge < -0.3 is 20.7 Å². The summed E-state index contributed by atoms with van der Waals surface area (Å²) >= 11 is 0. The maximum absolute atomic E-state index is 6.18. The van der Waals surface area contributed by atoms with Crippen molar-refractivity contribution in [2.45, 2.75) is 51.1 Å². The second-order valence-corrected chi connectivity index (χ2v) is 10.9. The molecule has 4 aromatic rings. The Morgan fingerprint density at radius 3 is 2.49 bits per heavy atom. The molecule has 1 saturated heterocycles. The molecule has 2 aliphatic rings. The molecule has 39 heavy (non-hydrogen) atoms. The van der Waals surface area contributed by atoms with E-state index in [1.165, 1.54) is 11.3 Å². The fourth-order valence-electron chi connectivity index (χ4n) is 5.79. The number of ether oxygens (including phenoxy) is 1. The number of nitrogens with two attached hydrogens (primary N) is 1. The average Bonchev–Trinajstić information content (AvgIpc) is 3.35. The van der Waals surface area contributed by atoms with Crippen LogP contribution in [0.5, 0.6) is 0 Å². The number of aryl methyl sites for hydroxylation is 1. The standard InChI is InChI=1S/C31H39N7O/c32-26-12-8-24(9-13-26)22-38-30-28(21-34-31(35-30)33-16-4-7-23-5-2-1-3-6-23)29(36-38)25-10-14-27(15-11-25)37-17-19-39-20-18-37/h1-3,5-6,10-11,14-15,21,24,26H,4,7-9,12-13,16-20,22,32H2,(H,33,34,35). The van der Waals surface area contributed by atoms with E-state index in [9.17, 15) is 0 Å². The molecule has 0 amide bonds. The zero-order valence-corrected chi connectivity index (χ0v) is 22.6. The second-order valence-electron chi connectivity index (χ2n) is 10.9. The number of hydrogen-bond acceptors (Lipinski definition) is 7. The minimum atomic E-state index is 0.338. The van der Waals surface area contributed by atoms with E-state index in [0.29, 0.717) is 17.9 Å². The fourth-order valence-corrected chi connectivity index (χ4v) is 5.79. The molecule has 204 valence electrons. The molecule has 1 aliphatic heterocycles. The van der Waals surface area contributed by atoms with Crippen LogP contribution in [-0.2, 0) is 17.7 Å². The molecular weight excluding hydrogens is 486 g/mol. The molecule has 0 radical (unpaired) electrons. The topological polar surface area (TPSA) is 94.1 Å². The van der Waals surface area contributed by atoms with Crippen molar-refractivity contribution in [1.29, 1.82) is 0 Å². The molecular formula is C31H39N7O. The van der Waals surface area contributed by atoms with Crippen LogP contribution in [0.2, 0.25) is 0 Å². The van der Waals surface area contributed by atoms with Gasteiger partial charge in [-0.2, -0.15) is 10.1 Å². The van der Waals surface area contributed by atoms with Crippen LogP contribution in [-0.4, -0.2) is 58.6 Å². The molecule has 6 rings (SSSR count). The predicted molar refractivity (Wildman–Crippen MR) is 157 cm³/mol. The van der Waals surface area contributed by atoms with Crippen molar-refractivity contribution >= 4 is 22.7 Å². The van der Waals surface area contributed by atoms with Gasteiger partial charge in [-0.15, -0.1) is 0 Å². The zero-order valence-electron chi connectivity index (χ0n) is 22.6. The van der Waals surface area contributed by atoms with E-state index in [1.807, 2.05) is 6.20 Å². The normalized spacial score (nSPS) is 19.9. The van der Waals surface area contributed by atoms with Gasteiger partial charge in [-0.25, -0.2) is 9.67 Å². The summed E-state index contributed by atoms with van der Waals surface area (Å²) in [6.45, 7) is 5.10. The van der Waals surface area contributed by atoms with E-state index >= 15 is 0 Å².